The standard InChI is InChI=1S/C23H29N3O2/c1-4-25(5-2)16-17-26(20-14-10-7-11-15-20)23(28)21(18(3)27)22(24)19-12-8-6-9-13-19/h6-15H,4-5,16-17,24H2,1-3H3/b22-21-. The number of hydrogen-bond acceptors (Lipinski definition) is 4. The van der Waals surface area contributed by atoms with Crippen LogP contribution in [-0.2, 0) is 9.59 Å². The van der Waals surface area contributed by atoms with Crippen LogP contribution in [0.5, 0.6) is 0 Å². The van der Waals surface area contributed by atoms with Gasteiger partial charge in [0.25, 0.3) is 5.91 Å². The average Bonchev–Trinajstić information content (AvgIpc) is 2.72. The van der Waals surface area contributed by atoms with Crippen LogP contribution in [0.3, 0.4) is 0 Å². The fraction of sp³-hybridized carbons (Fsp3) is 0.304. The molecule has 5 nitrogen and oxygen atoms in total. The summed E-state index contributed by atoms with van der Waals surface area (Å²) in [6.45, 7) is 8.55. The largest absolute Gasteiger partial charge is 0.397 e. The molecule has 0 aliphatic heterocycles. The Bertz CT molecular complexity index is 812. The van der Waals surface area contributed by atoms with E-state index in [4.69, 9.17) is 5.73 Å². The Kier molecular flexibility index (Phi) is 7.96. The number of hydrogen-bond donors (Lipinski definition) is 1. The highest BCUT2D eigenvalue weighted by atomic mass is 16.2. The zero-order chi connectivity index (χ0) is 20.5. The van der Waals surface area contributed by atoms with E-state index in [9.17, 15) is 9.59 Å². The minimum Gasteiger partial charge on any atom is -0.397 e. The Morgan fingerprint density at radius 3 is 1.89 bits per heavy atom. The quantitative estimate of drug-likeness (QED) is 0.412. The van der Waals surface area contributed by atoms with Gasteiger partial charge in [-0.05, 0) is 37.7 Å². The number of ketones is 1. The van der Waals surface area contributed by atoms with Gasteiger partial charge in [-0.3, -0.25) is 9.59 Å². The molecule has 0 unspecified atom stereocenters. The monoisotopic (exact) mass is 379 g/mol. The van der Waals surface area contributed by atoms with Crippen molar-refractivity contribution in [2.75, 3.05) is 31.1 Å². The number of carbonyl (C=O) groups is 2. The second-order valence-electron chi connectivity index (χ2n) is 6.53. The van der Waals surface area contributed by atoms with E-state index in [1.165, 1.54) is 6.92 Å². The Labute approximate surface area is 167 Å². The molecule has 5 heteroatoms. The molecule has 0 aliphatic rings. The zero-order valence-corrected chi connectivity index (χ0v) is 16.9. The predicted octanol–water partition coefficient (Wildman–Crippen LogP) is 3.32. The van der Waals surface area contributed by atoms with Crippen LogP contribution >= 0.6 is 0 Å². The molecule has 0 heterocycles. The number of amides is 1. The van der Waals surface area contributed by atoms with E-state index < -0.39 is 0 Å². The lowest BCUT2D eigenvalue weighted by atomic mass is 10.0. The number of nitrogens with two attached hydrogens (primary N) is 1. The lowest BCUT2D eigenvalue weighted by Crippen LogP contribution is -2.41. The number of benzene rings is 2. The number of likely N-dealkylation sites (N-methyl/N-ethyl adjacent to an activating group) is 1. The second kappa shape index (κ2) is 10.4. The molecule has 28 heavy (non-hydrogen) atoms. The van der Waals surface area contributed by atoms with Gasteiger partial charge in [0.15, 0.2) is 5.78 Å². The van der Waals surface area contributed by atoms with Crippen molar-refractivity contribution in [1.29, 1.82) is 0 Å². The van der Waals surface area contributed by atoms with Crippen LogP contribution in [0.25, 0.3) is 5.70 Å². The molecule has 1 amide bonds. The molecule has 148 valence electrons. The fourth-order valence-electron chi connectivity index (χ4n) is 3.09. The summed E-state index contributed by atoms with van der Waals surface area (Å²) in [5.41, 5.74) is 7.91. The lowest BCUT2D eigenvalue weighted by Gasteiger charge is -2.27. The van der Waals surface area contributed by atoms with Crippen LogP contribution in [-0.4, -0.2) is 42.8 Å². The SMILES string of the molecule is CCN(CC)CCN(C(=O)/C(C(C)=O)=C(\N)c1ccccc1)c1ccccc1. The van der Waals surface area contributed by atoms with E-state index in [0.29, 0.717) is 18.7 Å². The first kappa shape index (κ1) is 21.4. The molecular weight excluding hydrogens is 350 g/mol. The van der Waals surface area contributed by atoms with Crippen molar-refractivity contribution in [3.63, 3.8) is 0 Å². The van der Waals surface area contributed by atoms with E-state index in [2.05, 4.69) is 18.7 Å². The third kappa shape index (κ3) is 5.30. The van der Waals surface area contributed by atoms with Crippen LogP contribution in [0.1, 0.15) is 26.3 Å². The molecule has 2 rings (SSSR count). The highest BCUT2D eigenvalue weighted by Crippen LogP contribution is 2.21. The number of anilines is 1. The molecule has 0 aromatic heterocycles. The van der Waals surface area contributed by atoms with Gasteiger partial charge in [-0.25, -0.2) is 0 Å². The number of carbonyl (C=O) groups excluding carboxylic acids is 2. The van der Waals surface area contributed by atoms with Crippen molar-refractivity contribution in [2.24, 2.45) is 5.73 Å². The van der Waals surface area contributed by atoms with E-state index in [-0.39, 0.29) is 23.0 Å². The first-order valence-corrected chi connectivity index (χ1v) is 9.64. The van der Waals surface area contributed by atoms with Gasteiger partial charge < -0.3 is 15.5 Å². The zero-order valence-electron chi connectivity index (χ0n) is 16.9. The molecule has 0 radical (unpaired) electrons. The predicted molar refractivity (Wildman–Crippen MR) is 115 cm³/mol. The summed E-state index contributed by atoms with van der Waals surface area (Å²) in [4.78, 5) is 29.7. The van der Waals surface area contributed by atoms with Gasteiger partial charge in [-0.15, -0.1) is 0 Å². The highest BCUT2D eigenvalue weighted by molar-refractivity contribution is 6.27. The molecule has 0 saturated heterocycles. The Balaban J connectivity index is 2.44. The van der Waals surface area contributed by atoms with E-state index >= 15 is 0 Å². The smallest absolute Gasteiger partial charge is 0.264 e. The number of rotatable bonds is 9. The normalized spacial score (nSPS) is 11.9. The van der Waals surface area contributed by atoms with Crippen molar-refractivity contribution < 1.29 is 9.59 Å². The second-order valence-corrected chi connectivity index (χ2v) is 6.53. The first-order chi connectivity index (χ1) is 13.5. The van der Waals surface area contributed by atoms with Crippen molar-refractivity contribution in [1.82, 2.24) is 4.90 Å². The summed E-state index contributed by atoms with van der Waals surface area (Å²) in [7, 11) is 0. The first-order valence-electron chi connectivity index (χ1n) is 9.64. The van der Waals surface area contributed by atoms with E-state index in [1.807, 2.05) is 48.5 Å². The summed E-state index contributed by atoms with van der Waals surface area (Å²) in [5.74, 6) is -0.706. The molecule has 0 fully saturated rings. The van der Waals surface area contributed by atoms with Gasteiger partial charge in [0.2, 0.25) is 0 Å². The van der Waals surface area contributed by atoms with E-state index in [0.717, 1.165) is 18.8 Å². The molecule has 0 bridgehead atoms. The topological polar surface area (TPSA) is 66.6 Å². The minimum atomic E-state index is -0.368. The maximum atomic E-state index is 13.4. The average molecular weight is 380 g/mol. The molecule has 0 aliphatic carbocycles. The maximum absolute atomic E-state index is 13.4. The molecule has 2 aromatic rings. The summed E-state index contributed by atoms with van der Waals surface area (Å²) in [5, 5.41) is 0. The summed E-state index contributed by atoms with van der Waals surface area (Å²) < 4.78 is 0. The van der Waals surface area contributed by atoms with Crippen LogP contribution in [0.2, 0.25) is 0 Å². The summed E-state index contributed by atoms with van der Waals surface area (Å²) >= 11 is 0. The minimum absolute atomic E-state index is 0.0228. The van der Waals surface area contributed by atoms with Crippen molar-refractivity contribution in [3.05, 3.63) is 71.8 Å². The lowest BCUT2D eigenvalue weighted by molar-refractivity contribution is -0.120. The third-order valence-electron chi connectivity index (χ3n) is 4.77. The Hall–Kier alpha value is -2.92. The molecule has 2 aromatic carbocycles. The number of Topliss-reactive ketones (excluding diaryl/α,β-unsaturated/α-hetero) is 1. The molecule has 0 atom stereocenters. The van der Waals surface area contributed by atoms with Gasteiger partial charge in [-0.2, -0.15) is 0 Å². The van der Waals surface area contributed by atoms with Gasteiger partial charge >= 0.3 is 0 Å². The molecule has 2 N–H and O–H groups in total. The highest BCUT2D eigenvalue weighted by Gasteiger charge is 2.26. The summed E-state index contributed by atoms with van der Waals surface area (Å²) in [6, 6.07) is 18.5. The molecule has 0 spiro atoms. The van der Waals surface area contributed by atoms with Crippen LogP contribution < -0.4 is 10.6 Å². The van der Waals surface area contributed by atoms with Gasteiger partial charge in [0.1, 0.15) is 5.57 Å². The third-order valence-corrected chi connectivity index (χ3v) is 4.77. The van der Waals surface area contributed by atoms with Crippen LogP contribution in [0, 0.1) is 0 Å². The Morgan fingerprint density at radius 2 is 1.39 bits per heavy atom. The van der Waals surface area contributed by atoms with Gasteiger partial charge in [0.05, 0.1) is 5.70 Å². The van der Waals surface area contributed by atoms with Crippen molar-refractivity contribution in [2.45, 2.75) is 20.8 Å². The van der Waals surface area contributed by atoms with E-state index in [1.54, 1.807) is 17.0 Å². The van der Waals surface area contributed by atoms with Gasteiger partial charge in [-0.1, -0.05) is 62.4 Å². The number of nitrogens with zero attached hydrogens (tertiary/aromatic N) is 2. The molecule has 0 saturated carbocycles. The Morgan fingerprint density at radius 1 is 0.857 bits per heavy atom. The van der Waals surface area contributed by atoms with Crippen LogP contribution in [0.15, 0.2) is 66.2 Å². The maximum Gasteiger partial charge on any atom is 0.264 e. The number of para-hydroxylation sites is 1. The van der Waals surface area contributed by atoms with Gasteiger partial charge in [0, 0.05) is 18.8 Å². The van der Waals surface area contributed by atoms with Crippen molar-refractivity contribution >= 4 is 23.1 Å². The van der Waals surface area contributed by atoms with Crippen molar-refractivity contribution in [3.8, 4) is 0 Å². The molecular formula is C23H29N3O2. The van der Waals surface area contributed by atoms with Crippen LogP contribution in [0.4, 0.5) is 5.69 Å². The fourth-order valence-corrected chi connectivity index (χ4v) is 3.09. The summed E-state index contributed by atoms with van der Waals surface area (Å²) in [6.07, 6.45) is 0.